The summed E-state index contributed by atoms with van der Waals surface area (Å²) in [5.41, 5.74) is -4.46. The van der Waals surface area contributed by atoms with Gasteiger partial charge in [-0.1, -0.05) is 38.9 Å². The number of rotatable bonds is 18. The maximum atomic E-state index is 14.6. The van der Waals surface area contributed by atoms with Crippen molar-refractivity contribution >= 4 is 34.6 Å². The van der Waals surface area contributed by atoms with Crippen molar-refractivity contribution in [3.05, 3.63) is 45.2 Å². The lowest BCUT2D eigenvalue weighted by Gasteiger charge is -2.49. The second kappa shape index (κ2) is 27.7. The number of nitriles is 1. The van der Waals surface area contributed by atoms with Crippen molar-refractivity contribution in [3.8, 4) is 6.07 Å². The number of carbonyl (C=O) groups excluding carboxylic acids is 2. The third kappa shape index (κ3) is 15.2. The largest absolute Gasteiger partial charge is 0.477 e. The number of aromatic nitrogens is 1. The van der Waals surface area contributed by atoms with Gasteiger partial charge in [-0.15, -0.1) is 0 Å². The molecule has 466 valence electrons. The van der Waals surface area contributed by atoms with Crippen LogP contribution in [0.5, 0.6) is 0 Å². The van der Waals surface area contributed by atoms with Crippen molar-refractivity contribution in [1.82, 2.24) is 14.8 Å². The van der Waals surface area contributed by atoms with Crippen LogP contribution < -0.4 is 10.7 Å². The predicted molar refractivity (Wildman–Crippen MR) is 301 cm³/mol. The first-order valence-corrected chi connectivity index (χ1v) is 28.9. The highest BCUT2D eigenvalue weighted by molar-refractivity contribution is 5.94. The molecule has 1 amide bonds. The molecule has 3 fully saturated rings. The van der Waals surface area contributed by atoms with Gasteiger partial charge in [-0.05, 0) is 113 Å². The number of esters is 1. The van der Waals surface area contributed by atoms with Crippen molar-refractivity contribution in [1.29, 1.82) is 5.26 Å². The van der Waals surface area contributed by atoms with Crippen LogP contribution in [0.15, 0.2) is 28.3 Å². The van der Waals surface area contributed by atoms with Crippen LogP contribution in [-0.4, -0.2) is 191 Å². The number of aliphatic hydroxyl groups is 4. The molecule has 6 rings (SSSR count). The number of hydrogen-bond acceptors (Lipinski definition) is 21. The van der Waals surface area contributed by atoms with Gasteiger partial charge in [0.25, 0.3) is 0 Å². The van der Waals surface area contributed by atoms with Gasteiger partial charge in [0, 0.05) is 67.6 Å². The molecule has 0 aliphatic carbocycles. The van der Waals surface area contributed by atoms with E-state index in [1.807, 2.05) is 51.9 Å². The first kappa shape index (κ1) is 67.2. The number of nitrogens with one attached hydrogen (secondary N) is 1. The Morgan fingerprint density at radius 3 is 2.30 bits per heavy atom. The molecule has 2 aromatic rings. The molecule has 0 spiro atoms. The number of aliphatic hydroxyl groups excluding tert-OH is 2. The maximum absolute atomic E-state index is 14.6. The van der Waals surface area contributed by atoms with E-state index in [9.17, 15) is 50.0 Å². The van der Waals surface area contributed by atoms with Crippen LogP contribution >= 0.6 is 0 Å². The number of nitrogens with zero attached hydrogens (tertiary/aromatic N) is 4. The van der Waals surface area contributed by atoms with Gasteiger partial charge in [-0.2, -0.15) is 5.26 Å². The Labute approximate surface area is 486 Å². The second-order valence-electron chi connectivity index (χ2n) is 24.5. The van der Waals surface area contributed by atoms with Gasteiger partial charge in [-0.3, -0.25) is 9.59 Å². The molecular formula is C59H91N5O19. The van der Waals surface area contributed by atoms with Crippen molar-refractivity contribution in [2.45, 2.75) is 218 Å². The number of benzene rings is 1. The topological polar surface area (TPSA) is 318 Å². The lowest BCUT2D eigenvalue weighted by molar-refractivity contribution is -0.317. The number of carbonyl (C=O) groups is 3. The van der Waals surface area contributed by atoms with Crippen molar-refractivity contribution in [2.24, 2.45) is 28.8 Å². The lowest BCUT2D eigenvalue weighted by atomic mass is 9.73. The summed E-state index contributed by atoms with van der Waals surface area (Å²) in [5, 5.41) is 75.1. The highest BCUT2D eigenvalue weighted by atomic mass is 16.7. The Bertz CT molecular complexity index is 2710. The van der Waals surface area contributed by atoms with Crippen molar-refractivity contribution in [3.63, 3.8) is 0 Å². The third-order valence-electron chi connectivity index (χ3n) is 17.2. The number of pyridine rings is 1. The van der Waals surface area contributed by atoms with Gasteiger partial charge < -0.3 is 87.8 Å². The van der Waals surface area contributed by atoms with Crippen LogP contribution in [0.25, 0.3) is 10.9 Å². The Morgan fingerprint density at radius 2 is 1.66 bits per heavy atom. The van der Waals surface area contributed by atoms with E-state index >= 15 is 0 Å². The predicted octanol–water partition coefficient (Wildman–Crippen LogP) is 4.73. The molecule has 24 heteroatoms. The zero-order valence-corrected chi connectivity index (χ0v) is 50.9. The fourth-order valence-electron chi connectivity index (χ4n) is 12.6. The summed E-state index contributed by atoms with van der Waals surface area (Å²) < 4.78 is 58.2. The summed E-state index contributed by atoms with van der Waals surface area (Å²) in [6.45, 7) is 20.5. The van der Waals surface area contributed by atoms with Gasteiger partial charge >= 0.3 is 18.0 Å². The SMILES string of the molecule is CC[C@H]1OC(=O)[C@H](C)[C@@H](O[C@H]2C[C@@](C)(OC)[C@@H](OC(=O)NCCOCCCc3cc4c5c(c3)c(=O)c(C(=O)O)cn5C(C)(C)OC4)[C@H](C)O2)[C@H](C)[C@@H](O[C@H]2O[C@@H](C)C[C@@H](N(C)C)[C@@H]2O)[C@](C)(O)C[C@@H](C)/C(=N\OCC#N)[C@H](C)[C@@H](O)[C@]1(C)O. The second-order valence-corrected chi connectivity index (χ2v) is 24.5. The molecule has 0 bridgehead atoms. The van der Waals surface area contributed by atoms with Crippen molar-refractivity contribution in [2.75, 3.05) is 47.6 Å². The number of alkyl carbamates (subject to hydrolysis) is 1. The van der Waals surface area contributed by atoms with Crippen LogP contribution in [0.3, 0.4) is 0 Å². The number of ether oxygens (including phenoxy) is 9. The minimum Gasteiger partial charge on any atom is -0.477 e. The number of carboxylic acids is 1. The Morgan fingerprint density at radius 1 is 0.964 bits per heavy atom. The zero-order valence-electron chi connectivity index (χ0n) is 50.9. The molecule has 18 atom stereocenters. The van der Waals surface area contributed by atoms with Crippen LogP contribution in [-0.2, 0) is 71.0 Å². The van der Waals surface area contributed by atoms with E-state index in [1.165, 1.54) is 27.2 Å². The molecule has 0 radical (unpaired) electrons. The first-order chi connectivity index (χ1) is 38.8. The lowest BCUT2D eigenvalue weighted by Crippen LogP contribution is -2.61. The van der Waals surface area contributed by atoms with E-state index in [1.54, 1.807) is 59.1 Å². The van der Waals surface area contributed by atoms with Crippen LogP contribution in [0, 0.1) is 35.0 Å². The number of carboxylic acid groups (broad SMARTS) is 1. The van der Waals surface area contributed by atoms with E-state index in [2.05, 4.69) is 10.5 Å². The van der Waals surface area contributed by atoms with E-state index in [-0.39, 0.29) is 56.4 Å². The van der Waals surface area contributed by atoms with Gasteiger partial charge in [0.15, 0.2) is 18.7 Å². The Hall–Kier alpha value is -4.88. The van der Waals surface area contributed by atoms with Crippen LogP contribution in [0.2, 0.25) is 0 Å². The number of methoxy groups -OCH3 is 1. The number of oxime groups is 1. The Balaban J connectivity index is 1.18. The first-order valence-electron chi connectivity index (χ1n) is 28.9. The highest BCUT2D eigenvalue weighted by Crippen LogP contribution is 2.42. The molecule has 4 aliphatic rings. The van der Waals surface area contributed by atoms with Gasteiger partial charge in [0.05, 0.1) is 66.5 Å². The monoisotopic (exact) mass is 1170 g/mol. The van der Waals surface area contributed by atoms with Gasteiger partial charge in [0.2, 0.25) is 12.0 Å². The van der Waals surface area contributed by atoms with Crippen molar-refractivity contribution < 1.29 is 87.4 Å². The summed E-state index contributed by atoms with van der Waals surface area (Å²) in [6, 6.07) is 5.16. The number of hydrogen-bond donors (Lipinski definition) is 6. The fraction of sp³-hybridized carbons (Fsp3) is 0.763. The molecule has 0 saturated carbocycles. The average molecular weight is 1170 g/mol. The van der Waals surface area contributed by atoms with Gasteiger partial charge in [0.1, 0.15) is 40.8 Å². The summed E-state index contributed by atoms with van der Waals surface area (Å²) in [7, 11) is 5.13. The number of cyclic esters (lactones) is 1. The highest BCUT2D eigenvalue weighted by Gasteiger charge is 2.54. The normalized spacial score (nSPS) is 36.6. The Kier molecular flexibility index (Phi) is 22.4. The minimum absolute atomic E-state index is 0.0369. The fourth-order valence-corrected chi connectivity index (χ4v) is 12.6. The number of aryl methyl sites for hydroxylation is 1. The van der Waals surface area contributed by atoms with E-state index < -0.39 is 138 Å². The summed E-state index contributed by atoms with van der Waals surface area (Å²) >= 11 is 0. The van der Waals surface area contributed by atoms with E-state index in [4.69, 9.17) is 47.5 Å². The third-order valence-corrected chi connectivity index (χ3v) is 17.2. The molecule has 1 aromatic carbocycles. The number of aromatic carboxylic acids is 1. The standard InChI is InChI=1S/C59H91N5O19/c1-16-42-59(12,73)49(67)33(4)44(62-77-22-19-60)31(2)27-57(10,72)50(82-54-47(66)41(63(13)14)24-32(3)78-54)34(5)48(35(6)53(70)80-42)81-43-28-58(11,74-15)51(36(7)79-43)83-55(71)61-20-23-75-21-17-18-37-25-38-30-76-56(8,9)64-29-40(52(68)69)46(65)39(26-37)45(38)64/h25-26,29,31-36,41-43,47-51,54,66-67,72-73H,16-18,20-24,27-28,30H2,1-15H3,(H,61,71)(H,68,69)/b62-44+/t31-,32+,33+,34+,35-,36+,41-,42-,43+,47+,48+,49-,50-,51+,54-,57-,58-,59-/m1/s1. The zero-order chi connectivity index (χ0) is 61.7. The van der Waals surface area contributed by atoms with Crippen LogP contribution in [0.4, 0.5) is 4.79 Å². The smallest absolute Gasteiger partial charge is 0.407 e. The summed E-state index contributed by atoms with van der Waals surface area (Å²) in [5.74, 6) is -5.93. The molecule has 6 N–H and O–H groups in total. The van der Waals surface area contributed by atoms with E-state index in [0.717, 1.165) is 11.1 Å². The molecule has 5 heterocycles. The summed E-state index contributed by atoms with van der Waals surface area (Å²) in [6.07, 6.45) is -9.13. The maximum Gasteiger partial charge on any atom is 0.407 e. The summed E-state index contributed by atoms with van der Waals surface area (Å²) in [4.78, 5) is 60.6. The molecular weight excluding hydrogens is 1080 g/mol. The number of likely N-dealkylation sites (N-methyl/N-ethyl adjacent to an activating group) is 1. The molecule has 3 saturated heterocycles. The molecule has 24 nitrogen and oxygen atoms in total. The quantitative estimate of drug-likeness (QED) is 0.0667. The van der Waals surface area contributed by atoms with Crippen LogP contribution in [0.1, 0.15) is 137 Å². The average Bonchev–Trinajstić information content (AvgIpc) is 1.47. The molecule has 0 unspecified atom stereocenters. The number of amides is 1. The van der Waals surface area contributed by atoms with Gasteiger partial charge in [-0.25, -0.2) is 9.59 Å². The minimum atomic E-state index is -2.05. The van der Waals surface area contributed by atoms with E-state index in [0.29, 0.717) is 36.8 Å². The molecule has 83 heavy (non-hydrogen) atoms. The molecule has 4 aliphatic heterocycles. The molecule has 1 aromatic heterocycles.